The van der Waals surface area contributed by atoms with Crippen molar-refractivity contribution in [1.82, 2.24) is 0 Å². The molecule has 6 heteroatoms. The van der Waals surface area contributed by atoms with E-state index < -0.39 is 5.41 Å². The van der Waals surface area contributed by atoms with E-state index in [9.17, 15) is 0 Å². The van der Waals surface area contributed by atoms with Crippen molar-refractivity contribution in [3.8, 4) is 33.8 Å². The predicted molar refractivity (Wildman–Crippen MR) is 283 cm³/mol. The van der Waals surface area contributed by atoms with Gasteiger partial charge in [-0.05, 0) is 115 Å². The average molecular weight is 878 g/mol. The van der Waals surface area contributed by atoms with Crippen LogP contribution in [0.3, 0.4) is 0 Å². The van der Waals surface area contributed by atoms with Gasteiger partial charge >= 0.3 is 0 Å². The highest BCUT2D eigenvalue weighted by molar-refractivity contribution is 7.12. The number of hydrogen-bond acceptors (Lipinski definition) is 4. The van der Waals surface area contributed by atoms with Crippen LogP contribution in [0, 0.1) is 0 Å². The Labute approximate surface area is 398 Å². The lowest BCUT2D eigenvalue weighted by molar-refractivity contribution is 0.477. The van der Waals surface area contributed by atoms with Crippen LogP contribution in [-0.4, -0.2) is 13.4 Å². The lowest BCUT2D eigenvalue weighted by atomic mass is 9.23. The monoisotopic (exact) mass is 877 g/mol. The van der Waals surface area contributed by atoms with E-state index in [1.54, 1.807) is 0 Å². The molecule has 2 aliphatic carbocycles. The predicted octanol–water partition coefficient (Wildman–Crippen LogP) is 11.6. The van der Waals surface area contributed by atoms with Gasteiger partial charge in [0, 0.05) is 16.5 Å². The van der Waals surface area contributed by atoms with Crippen molar-refractivity contribution in [1.29, 1.82) is 0 Å². The van der Waals surface area contributed by atoms with Crippen LogP contribution in [0.4, 0.5) is 17.1 Å². The van der Waals surface area contributed by atoms with Gasteiger partial charge in [-0.25, -0.2) is 0 Å². The number of furan rings is 2. The van der Waals surface area contributed by atoms with Crippen molar-refractivity contribution in [2.24, 2.45) is 0 Å². The van der Waals surface area contributed by atoms with Gasteiger partial charge in [-0.3, -0.25) is 0 Å². The molecule has 4 aliphatic rings. The summed E-state index contributed by atoms with van der Waals surface area (Å²) in [5.41, 5.74) is 21.4. The van der Waals surface area contributed by atoms with Gasteiger partial charge in [0.25, 0.3) is 13.4 Å². The first-order valence-electron chi connectivity index (χ1n) is 23.9. The summed E-state index contributed by atoms with van der Waals surface area (Å²) < 4.78 is 21.1. The largest absolute Gasteiger partial charge is 0.471 e. The Balaban J connectivity index is 0.938. The summed E-state index contributed by atoms with van der Waals surface area (Å²) >= 11 is 0. The Morgan fingerprint density at radius 3 is 1.61 bits per heavy atom. The van der Waals surface area contributed by atoms with Gasteiger partial charge in [0.2, 0.25) is 0 Å². The Kier molecular flexibility index (Phi) is 7.41. The first-order chi connectivity index (χ1) is 34.2. The zero-order chi connectivity index (χ0) is 45.0. The Bertz CT molecular complexity index is 4070. The molecule has 69 heavy (non-hydrogen) atoms. The highest BCUT2D eigenvalue weighted by Gasteiger charge is 2.53. The second-order valence-corrected chi connectivity index (χ2v) is 18.9. The van der Waals surface area contributed by atoms with E-state index in [4.69, 9.17) is 13.6 Å². The van der Waals surface area contributed by atoms with Gasteiger partial charge in [0.05, 0.1) is 28.1 Å². The Hall–Kier alpha value is -8.73. The van der Waals surface area contributed by atoms with Crippen LogP contribution in [-0.2, 0) is 5.41 Å². The summed E-state index contributed by atoms with van der Waals surface area (Å²) in [4.78, 5) is 2.30. The summed E-state index contributed by atoms with van der Waals surface area (Å²) in [6, 6.07) is 81.6. The van der Waals surface area contributed by atoms with E-state index in [1.807, 2.05) is 24.3 Å². The van der Waals surface area contributed by atoms with E-state index in [1.165, 1.54) is 60.7 Å². The zero-order valence-corrected chi connectivity index (χ0v) is 37.2. The van der Waals surface area contributed by atoms with Gasteiger partial charge in [0.15, 0.2) is 11.5 Å². The summed E-state index contributed by atoms with van der Waals surface area (Å²) in [5, 5.41) is 4.59. The molecule has 0 atom stereocenters. The molecule has 0 N–H and O–H groups in total. The van der Waals surface area contributed by atoms with Crippen LogP contribution < -0.4 is 42.8 Å². The standard InChI is InChI=1S/C63H37B2NO3/c1-2-16-42-38(15-1)29-36-57-58(42)60-62(69-57)65(40-32-35-51-47(37-40)45-19-5-9-23-50(45)63(51)48-21-7-3-17-43(48)44-18-4-8-22-49(44)63)59-46-20-6-12-26-54(46)68-61(59)64(60)39-30-33-41(34-31-39)66-52-24-10-13-27-55(52)67-56-28-14-11-25-53(56)66/h1-37H. The van der Waals surface area contributed by atoms with Crippen LogP contribution in [0.2, 0.25) is 0 Å². The minimum atomic E-state index is -0.427. The van der Waals surface area contributed by atoms with Crippen LogP contribution in [0.25, 0.3) is 55.0 Å². The maximum absolute atomic E-state index is 7.40. The fourth-order valence-electron chi connectivity index (χ4n) is 13.0. The molecule has 0 unspecified atom stereocenters. The molecule has 2 aromatic heterocycles. The molecule has 4 heterocycles. The molecule has 12 aromatic rings. The van der Waals surface area contributed by atoms with Gasteiger partial charge in [0.1, 0.15) is 11.2 Å². The third-order valence-electron chi connectivity index (χ3n) is 15.7. The molecule has 10 aromatic carbocycles. The van der Waals surface area contributed by atoms with E-state index in [0.717, 1.165) is 78.2 Å². The first kappa shape index (κ1) is 37.4. The fraction of sp³-hybridized carbons (Fsp3) is 0.0159. The first-order valence-corrected chi connectivity index (χ1v) is 23.9. The van der Waals surface area contributed by atoms with Crippen LogP contribution in [0.15, 0.2) is 233 Å². The highest BCUT2D eigenvalue weighted by Crippen LogP contribution is 2.62. The topological polar surface area (TPSA) is 38.8 Å². The second kappa shape index (κ2) is 13.7. The van der Waals surface area contributed by atoms with E-state index >= 15 is 0 Å². The highest BCUT2D eigenvalue weighted by atomic mass is 16.5. The molecule has 0 saturated carbocycles. The minimum absolute atomic E-state index is 0.251. The van der Waals surface area contributed by atoms with Gasteiger partial charge in [-0.15, -0.1) is 0 Å². The minimum Gasteiger partial charge on any atom is -0.471 e. The van der Waals surface area contributed by atoms with Gasteiger partial charge in [-0.1, -0.05) is 187 Å². The average Bonchev–Trinajstić information content (AvgIpc) is 4.15. The molecule has 1 spiro atoms. The molecular formula is C63H37B2NO3. The van der Waals surface area contributed by atoms with Crippen LogP contribution in [0.1, 0.15) is 22.3 Å². The fourth-order valence-corrected chi connectivity index (χ4v) is 13.0. The molecule has 0 fully saturated rings. The SMILES string of the molecule is c1ccc2c(c1)Oc1ccccc1N2c1ccc(B2c3oc4ccccc4c3B(c3ccc4c(c3)-c3ccccc3C43c4ccccc4-c4ccccc43)c3oc4ccc5ccccc5c4c32)cc1. The second-order valence-electron chi connectivity index (χ2n) is 18.9. The van der Waals surface area contributed by atoms with Crippen LogP contribution in [0.5, 0.6) is 11.5 Å². The van der Waals surface area contributed by atoms with Crippen molar-refractivity contribution >= 4 is 96.4 Å². The number of benzene rings is 10. The third kappa shape index (κ3) is 4.85. The molecule has 0 radical (unpaired) electrons. The number of rotatable bonds is 3. The Morgan fingerprint density at radius 1 is 0.377 bits per heavy atom. The van der Waals surface area contributed by atoms with Crippen molar-refractivity contribution in [2.45, 2.75) is 5.41 Å². The number of fused-ring (bicyclic) bond motifs is 20. The molecule has 4 nitrogen and oxygen atoms in total. The van der Waals surface area contributed by atoms with Gasteiger partial charge in [-0.2, -0.15) is 0 Å². The molecule has 0 bridgehead atoms. The number of para-hydroxylation sites is 5. The molecule has 0 saturated heterocycles. The number of ether oxygens (including phenoxy) is 1. The smallest absolute Gasteiger partial charge is 0.290 e. The molecule has 0 amide bonds. The van der Waals surface area contributed by atoms with E-state index in [-0.39, 0.29) is 13.4 Å². The van der Waals surface area contributed by atoms with Crippen LogP contribution >= 0.6 is 0 Å². The summed E-state index contributed by atoms with van der Waals surface area (Å²) in [7, 11) is 0. The zero-order valence-electron chi connectivity index (χ0n) is 37.2. The summed E-state index contributed by atoms with van der Waals surface area (Å²) in [5.74, 6) is 1.66. The van der Waals surface area contributed by atoms with Crippen molar-refractivity contribution in [3.63, 3.8) is 0 Å². The lowest BCUT2D eigenvalue weighted by Gasteiger charge is -2.33. The maximum atomic E-state index is 7.40. The normalized spacial score (nSPS) is 14.2. The Morgan fingerprint density at radius 2 is 0.899 bits per heavy atom. The van der Waals surface area contributed by atoms with E-state index in [2.05, 4.69) is 205 Å². The van der Waals surface area contributed by atoms with Crippen molar-refractivity contribution in [3.05, 3.63) is 247 Å². The van der Waals surface area contributed by atoms with E-state index in [0.29, 0.717) is 0 Å². The summed E-state index contributed by atoms with van der Waals surface area (Å²) in [6.07, 6.45) is 0. The molecule has 318 valence electrons. The van der Waals surface area contributed by atoms with Gasteiger partial charge < -0.3 is 18.5 Å². The maximum Gasteiger partial charge on any atom is 0.290 e. The quantitative estimate of drug-likeness (QED) is 0.166. The summed E-state index contributed by atoms with van der Waals surface area (Å²) in [6.45, 7) is -0.507. The molecule has 16 rings (SSSR count). The van der Waals surface area contributed by atoms with Crippen molar-refractivity contribution in [2.75, 3.05) is 4.90 Å². The number of nitrogens with zero attached hydrogens (tertiary/aromatic N) is 1. The third-order valence-corrected chi connectivity index (χ3v) is 15.7. The lowest BCUT2D eigenvalue weighted by Crippen LogP contribution is -2.73. The molecular weight excluding hydrogens is 840 g/mol. The number of anilines is 3. The van der Waals surface area contributed by atoms with Crippen molar-refractivity contribution < 1.29 is 13.6 Å². The molecule has 2 aliphatic heterocycles. The number of hydrogen-bond donors (Lipinski definition) is 0.